The largest absolute Gasteiger partial charge is 0.476 e. The summed E-state index contributed by atoms with van der Waals surface area (Å²) in [5, 5.41) is 17.0. The molecule has 0 saturated carbocycles. The van der Waals surface area contributed by atoms with Crippen LogP contribution in [0.25, 0.3) is 0 Å². The van der Waals surface area contributed by atoms with Crippen LogP contribution in [-0.4, -0.2) is 88.1 Å². The first-order chi connectivity index (χ1) is 19.9. The van der Waals surface area contributed by atoms with Crippen LogP contribution in [0.4, 0.5) is 4.79 Å². The summed E-state index contributed by atoms with van der Waals surface area (Å²) in [5.74, 6) is -1.55. The molecule has 0 aliphatic carbocycles. The van der Waals surface area contributed by atoms with Crippen LogP contribution in [0, 0.1) is 11.8 Å². The number of hydrogen-bond acceptors (Lipinski definition) is 8. The van der Waals surface area contributed by atoms with E-state index in [0.29, 0.717) is 24.0 Å². The number of nitrogens with zero attached hydrogens (tertiary/aromatic N) is 3. The van der Waals surface area contributed by atoms with Crippen LogP contribution in [0.1, 0.15) is 108 Å². The maximum atomic E-state index is 14.2. The van der Waals surface area contributed by atoms with Crippen molar-refractivity contribution in [2.45, 2.75) is 116 Å². The number of piperidine rings is 2. The monoisotopic (exact) mass is 607 g/mol. The minimum Gasteiger partial charge on any atom is -0.476 e. The minimum absolute atomic E-state index is 0.0337. The Balaban J connectivity index is 1.86. The quantitative estimate of drug-likeness (QED) is 0.299. The van der Waals surface area contributed by atoms with Gasteiger partial charge in [-0.1, -0.05) is 34.1 Å². The molecule has 2 saturated heterocycles. The Morgan fingerprint density at radius 2 is 1.83 bits per heavy atom. The third-order valence-electron chi connectivity index (χ3n) is 9.32. The standard InChI is InChI=1S/C30H49N5O6S/c1-8-19(5)24(33-28(39)30-14-10-12-20(35(30)7)13-11-15-30)26(36)34(6)22(18(3)4)16-23(41-29(40)31-9-2)25-32-21(17-42-25)27(37)38/h17-20,22-24H,8-16H2,1-7H3,(H,31,40)(H,33,39)(H,37,38)/t19?,20?,22-,23-,24+,30?/m1/s1. The zero-order chi connectivity index (χ0) is 31.2. The number of likely N-dealkylation sites (N-methyl/N-ethyl adjacent to an activating group) is 2. The van der Waals surface area contributed by atoms with Crippen LogP contribution in [0.3, 0.4) is 0 Å². The number of carbonyl (C=O) groups is 4. The summed E-state index contributed by atoms with van der Waals surface area (Å²) >= 11 is 1.10. The van der Waals surface area contributed by atoms with Gasteiger partial charge in [0.25, 0.3) is 0 Å². The van der Waals surface area contributed by atoms with Gasteiger partial charge in [-0.15, -0.1) is 11.3 Å². The predicted molar refractivity (Wildman–Crippen MR) is 161 cm³/mol. The van der Waals surface area contributed by atoms with E-state index in [-0.39, 0.29) is 41.8 Å². The molecule has 42 heavy (non-hydrogen) atoms. The number of alkyl carbamates (subject to hydrolysis) is 1. The second-order valence-electron chi connectivity index (χ2n) is 12.2. The lowest BCUT2D eigenvalue weighted by Gasteiger charge is -2.52. The molecular formula is C30H49N5O6S. The zero-order valence-electron chi connectivity index (χ0n) is 26.1. The van der Waals surface area contributed by atoms with Crippen LogP contribution in [0.5, 0.6) is 0 Å². The number of rotatable bonds is 13. The maximum Gasteiger partial charge on any atom is 0.407 e. The SMILES string of the molecule is CCNC(=O)O[C@H](C[C@H](C(C)C)N(C)C(=O)[C@@H](NC(=O)C12CCCC(CCC1)N2C)C(C)CC)c1nc(C(=O)O)cs1. The lowest BCUT2D eigenvalue weighted by molar-refractivity contribution is -0.148. The molecule has 2 aliphatic rings. The summed E-state index contributed by atoms with van der Waals surface area (Å²) in [4.78, 5) is 60.2. The highest BCUT2D eigenvalue weighted by molar-refractivity contribution is 7.09. The van der Waals surface area contributed by atoms with E-state index < -0.39 is 29.7 Å². The van der Waals surface area contributed by atoms with Crippen molar-refractivity contribution in [1.29, 1.82) is 0 Å². The van der Waals surface area contributed by atoms with E-state index in [0.717, 1.165) is 49.9 Å². The summed E-state index contributed by atoms with van der Waals surface area (Å²) < 4.78 is 5.70. The number of hydrogen-bond donors (Lipinski definition) is 3. The van der Waals surface area contributed by atoms with E-state index in [1.807, 2.05) is 34.7 Å². The predicted octanol–water partition coefficient (Wildman–Crippen LogP) is 4.44. The molecular weight excluding hydrogens is 558 g/mol. The zero-order valence-corrected chi connectivity index (χ0v) is 27.0. The average Bonchev–Trinajstić information content (AvgIpc) is 3.43. The second kappa shape index (κ2) is 14.6. The number of carboxylic acids is 1. The summed E-state index contributed by atoms with van der Waals surface area (Å²) in [6.45, 7) is 10.1. The van der Waals surface area contributed by atoms with E-state index in [1.165, 1.54) is 5.38 Å². The molecule has 1 unspecified atom stereocenters. The molecule has 236 valence electrons. The van der Waals surface area contributed by atoms with Crippen molar-refractivity contribution in [1.82, 2.24) is 25.4 Å². The summed E-state index contributed by atoms with van der Waals surface area (Å²) in [6, 6.07) is -0.689. The molecule has 0 spiro atoms. The van der Waals surface area contributed by atoms with Gasteiger partial charge in [-0.3, -0.25) is 14.5 Å². The molecule has 3 rings (SSSR count). The van der Waals surface area contributed by atoms with E-state index >= 15 is 0 Å². The van der Waals surface area contributed by atoms with E-state index in [9.17, 15) is 24.3 Å². The third kappa shape index (κ3) is 7.42. The highest BCUT2D eigenvalue weighted by Gasteiger charge is 2.50. The fourth-order valence-electron chi connectivity index (χ4n) is 6.49. The van der Waals surface area contributed by atoms with Gasteiger partial charge in [-0.2, -0.15) is 0 Å². The molecule has 2 fully saturated rings. The number of carbonyl (C=O) groups excluding carboxylic acids is 3. The molecule has 0 radical (unpaired) electrons. The molecule has 2 aliphatic heterocycles. The van der Waals surface area contributed by atoms with Crippen molar-refractivity contribution in [2.24, 2.45) is 11.8 Å². The lowest BCUT2D eigenvalue weighted by Crippen LogP contribution is -2.67. The van der Waals surface area contributed by atoms with Crippen LogP contribution in [-0.2, 0) is 14.3 Å². The molecule has 11 nitrogen and oxygen atoms in total. The first-order valence-electron chi connectivity index (χ1n) is 15.3. The van der Waals surface area contributed by atoms with Crippen molar-refractivity contribution < 1.29 is 29.0 Å². The average molecular weight is 608 g/mol. The molecule has 12 heteroatoms. The van der Waals surface area contributed by atoms with Gasteiger partial charge < -0.3 is 25.4 Å². The van der Waals surface area contributed by atoms with Gasteiger partial charge in [-0.05, 0) is 64.3 Å². The Bertz CT molecular complexity index is 1100. The van der Waals surface area contributed by atoms with Gasteiger partial charge in [0, 0.05) is 37.5 Å². The summed E-state index contributed by atoms with van der Waals surface area (Å²) in [5.41, 5.74) is -0.705. The van der Waals surface area contributed by atoms with Crippen LogP contribution >= 0.6 is 11.3 Å². The Hall–Kier alpha value is -2.73. The van der Waals surface area contributed by atoms with Gasteiger partial charge in [0.05, 0.1) is 0 Å². The number of ether oxygens (including phenoxy) is 1. The molecule has 2 bridgehead atoms. The van der Waals surface area contributed by atoms with Crippen LogP contribution in [0.15, 0.2) is 5.38 Å². The molecule has 3 heterocycles. The minimum atomic E-state index is -1.17. The maximum absolute atomic E-state index is 14.2. The van der Waals surface area contributed by atoms with Gasteiger partial charge in [0.1, 0.15) is 16.6 Å². The number of fused-ring (bicyclic) bond motifs is 2. The lowest BCUT2D eigenvalue weighted by atomic mass is 9.73. The molecule has 1 aromatic rings. The number of amides is 3. The van der Waals surface area contributed by atoms with Gasteiger partial charge in [-0.25, -0.2) is 14.6 Å². The van der Waals surface area contributed by atoms with Crippen molar-refractivity contribution in [3.63, 3.8) is 0 Å². The third-order valence-corrected chi connectivity index (χ3v) is 10.3. The number of carboxylic acid groups (broad SMARTS) is 1. The first-order valence-corrected chi connectivity index (χ1v) is 16.2. The first kappa shape index (κ1) is 33.8. The normalized spacial score (nSPS) is 23.4. The second-order valence-corrected chi connectivity index (χ2v) is 13.1. The van der Waals surface area contributed by atoms with Crippen molar-refractivity contribution >= 4 is 35.2 Å². The summed E-state index contributed by atoms with van der Waals surface area (Å²) in [7, 11) is 3.77. The molecule has 1 aromatic heterocycles. The number of nitrogens with one attached hydrogen (secondary N) is 2. The Labute approximate surface area is 253 Å². The smallest absolute Gasteiger partial charge is 0.407 e. The van der Waals surface area contributed by atoms with Crippen LogP contribution in [0.2, 0.25) is 0 Å². The molecule has 4 atom stereocenters. The topological polar surface area (TPSA) is 141 Å². The Kier molecular flexibility index (Phi) is 11.8. The van der Waals surface area contributed by atoms with Crippen LogP contribution < -0.4 is 10.6 Å². The highest BCUT2D eigenvalue weighted by Crippen LogP contribution is 2.41. The fourth-order valence-corrected chi connectivity index (χ4v) is 7.33. The van der Waals surface area contributed by atoms with Crippen molar-refractivity contribution in [2.75, 3.05) is 20.6 Å². The molecule has 3 amide bonds. The fraction of sp³-hybridized carbons (Fsp3) is 0.767. The number of aromatic carboxylic acids is 1. The highest BCUT2D eigenvalue weighted by atomic mass is 32.1. The number of aromatic nitrogens is 1. The summed E-state index contributed by atoms with van der Waals surface area (Å²) in [6.07, 6.45) is 5.24. The van der Waals surface area contributed by atoms with E-state index in [1.54, 1.807) is 18.9 Å². The van der Waals surface area contributed by atoms with E-state index in [2.05, 4.69) is 20.5 Å². The molecule has 3 N–H and O–H groups in total. The number of thiazole rings is 1. The van der Waals surface area contributed by atoms with Crippen molar-refractivity contribution in [3.8, 4) is 0 Å². The van der Waals surface area contributed by atoms with E-state index in [4.69, 9.17) is 4.74 Å². The van der Waals surface area contributed by atoms with Gasteiger partial charge >= 0.3 is 12.1 Å². The molecule has 0 aromatic carbocycles. The van der Waals surface area contributed by atoms with Gasteiger partial charge in [0.15, 0.2) is 11.8 Å². The Morgan fingerprint density at radius 3 is 2.36 bits per heavy atom. The van der Waals surface area contributed by atoms with Gasteiger partial charge in [0.2, 0.25) is 11.8 Å². The van der Waals surface area contributed by atoms with Crippen molar-refractivity contribution in [3.05, 3.63) is 16.1 Å². The Morgan fingerprint density at radius 1 is 1.19 bits per heavy atom.